The molecule has 0 aliphatic heterocycles. The fourth-order valence-electron chi connectivity index (χ4n) is 2.59. The van der Waals surface area contributed by atoms with Crippen LogP contribution in [0.2, 0.25) is 0 Å². The van der Waals surface area contributed by atoms with Crippen molar-refractivity contribution in [1.29, 1.82) is 0 Å². The summed E-state index contributed by atoms with van der Waals surface area (Å²) in [5.41, 5.74) is 2.88. The number of anilines is 1. The van der Waals surface area contributed by atoms with Crippen LogP contribution in [-0.2, 0) is 4.79 Å². The Morgan fingerprint density at radius 1 is 1.18 bits per heavy atom. The second kappa shape index (κ2) is 8.75. The summed E-state index contributed by atoms with van der Waals surface area (Å²) in [7, 11) is 1.60. The van der Waals surface area contributed by atoms with E-state index in [0.29, 0.717) is 10.9 Å². The third kappa shape index (κ3) is 5.01. The van der Waals surface area contributed by atoms with Crippen molar-refractivity contribution < 1.29 is 9.53 Å². The Morgan fingerprint density at radius 3 is 2.61 bits per heavy atom. The Balaban J connectivity index is 1.75. The Bertz CT molecular complexity index is 1030. The van der Waals surface area contributed by atoms with E-state index in [-0.39, 0.29) is 11.5 Å². The Labute approximate surface area is 167 Å². The standard InChI is InChI=1S/C21H21N3O3S/c1-13-5-4-6-16(11-13)22-20(26)14(2)28-21-23-18(12-19(25)24-21)15-7-9-17(27-3)10-8-15/h4-12,14H,1-3H3,(H,22,26)(H,23,24,25). The van der Waals surface area contributed by atoms with Crippen LogP contribution in [0.5, 0.6) is 5.75 Å². The molecular formula is C21H21N3O3S. The molecular weight excluding hydrogens is 374 g/mol. The number of benzene rings is 2. The highest BCUT2D eigenvalue weighted by atomic mass is 32.2. The second-order valence-corrected chi connectivity index (χ2v) is 7.61. The van der Waals surface area contributed by atoms with E-state index in [1.54, 1.807) is 14.0 Å². The molecule has 0 aliphatic rings. The zero-order chi connectivity index (χ0) is 20.1. The monoisotopic (exact) mass is 395 g/mol. The van der Waals surface area contributed by atoms with Gasteiger partial charge in [0.1, 0.15) is 5.75 Å². The highest BCUT2D eigenvalue weighted by Gasteiger charge is 2.17. The Morgan fingerprint density at radius 2 is 1.93 bits per heavy atom. The van der Waals surface area contributed by atoms with Crippen molar-refractivity contribution in [2.75, 3.05) is 12.4 Å². The van der Waals surface area contributed by atoms with Crippen LogP contribution < -0.4 is 15.6 Å². The quantitative estimate of drug-likeness (QED) is 0.489. The number of nitrogens with zero attached hydrogens (tertiary/aromatic N) is 1. The number of hydrogen-bond acceptors (Lipinski definition) is 5. The number of H-pyrrole nitrogens is 1. The summed E-state index contributed by atoms with van der Waals surface area (Å²) in [5.74, 6) is 0.567. The first kappa shape index (κ1) is 19.7. The molecule has 0 aliphatic carbocycles. The van der Waals surface area contributed by atoms with Gasteiger partial charge in [-0.25, -0.2) is 4.98 Å². The van der Waals surface area contributed by atoms with Crippen LogP contribution in [0.4, 0.5) is 5.69 Å². The number of ether oxygens (including phenoxy) is 1. The first-order valence-electron chi connectivity index (χ1n) is 8.74. The lowest BCUT2D eigenvalue weighted by Gasteiger charge is -2.12. The number of thioether (sulfide) groups is 1. The summed E-state index contributed by atoms with van der Waals surface area (Å²) in [4.78, 5) is 31.7. The number of carbonyl (C=O) groups is 1. The van der Waals surface area contributed by atoms with Crippen molar-refractivity contribution in [3.05, 3.63) is 70.5 Å². The van der Waals surface area contributed by atoms with Crippen molar-refractivity contribution in [1.82, 2.24) is 9.97 Å². The lowest BCUT2D eigenvalue weighted by atomic mass is 10.1. The molecule has 1 heterocycles. The maximum Gasteiger partial charge on any atom is 0.252 e. The molecule has 144 valence electrons. The highest BCUT2D eigenvalue weighted by molar-refractivity contribution is 8.00. The number of aryl methyl sites for hydroxylation is 1. The third-order valence-corrected chi connectivity index (χ3v) is 5.03. The van der Waals surface area contributed by atoms with E-state index >= 15 is 0 Å². The van der Waals surface area contributed by atoms with E-state index in [1.165, 1.54) is 17.8 Å². The van der Waals surface area contributed by atoms with Crippen LogP contribution in [0.15, 0.2) is 64.5 Å². The molecule has 0 fully saturated rings. The molecule has 7 heteroatoms. The number of nitrogens with one attached hydrogen (secondary N) is 2. The largest absolute Gasteiger partial charge is 0.497 e. The van der Waals surface area contributed by atoms with Crippen molar-refractivity contribution in [3.8, 4) is 17.0 Å². The van der Waals surface area contributed by atoms with Gasteiger partial charge >= 0.3 is 0 Å². The van der Waals surface area contributed by atoms with Crippen LogP contribution in [0.3, 0.4) is 0 Å². The molecule has 0 bridgehead atoms. The summed E-state index contributed by atoms with van der Waals surface area (Å²) >= 11 is 1.20. The third-order valence-electron chi connectivity index (χ3n) is 4.05. The highest BCUT2D eigenvalue weighted by Crippen LogP contribution is 2.24. The van der Waals surface area contributed by atoms with Gasteiger partial charge in [0.2, 0.25) is 5.91 Å². The maximum absolute atomic E-state index is 12.5. The van der Waals surface area contributed by atoms with Crippen LogP contribution in [-0.4, -0.2) is 28.2 Å². The fourth-order valence-corrected chi connectivity index (χ4v) is 3.40. The van der Waals surface area contributed by atoms with Crippen LogP contribution >= 0.6 is 11.8 Å². The van der Waals surface area contributed by atoms with Gasteiger partial charge in [-0.15, -0.1) is 0 Å². The topological polar surface area (TPSA) is 84.1 Å². The zero-order valence-corrected chi connectivity index (χ0v) is 16.7. The van der Waals surface area contributed by atoms with Crippen molar-refractivity contribution in [2.45, 2.75) is 24.3 Å². The number of hydrogen-bond donors (Lipinski definition) is 2. The van der Waals surface area contributed by atoms with Crippen molar-refractivity contribution >= 4 is 23.4 Å². The molecule has 0 saturated carbocycles. The van der Waals surface area contributed by atoms with Crippen molar-refractivity contribution in [3.63, 3.8) is 0 Å². The van der Waals surface area contributed by atoms with Gasteiger partial charge in [0.15, 0.2) is 5.16 Å². The number of aromatic amines is 1. The predicted octanol–water partition coefficient (Wildman–Crippen LogP) is 3.87. The average Bonchev–Trinajstić information content (AvgIpc) is 2.67. The Hall–Kier alpha value is -3.06. The number of amides is 1. The average molecular weight is 395 g/mol. The lowest BCUT2D eigenvalue weighted by molar-refractivity contribution is -0.115. The minimum Gasteiger partial charge on any atom is -0.497 e. The molecule has 1 unspecified atom stereocenters. The molecule has 3 aromatic rings. The van der Waals surface area contributed by atoms with Gasteiger partial charge in [-0.1, -0.05) is 23.9 Å². The molecule has 2 aromatic carbocycles. The van der Waals surface area contributed by atoms with Gasteiger partial charge in [0.25, 0.3) is 5.56 Å². The van der Waals surface area contributed by atoms with Gasteiger partial charge in [0.05, 0.1) is 18.1 Å². The normalized spacial score (nSPS) is 11.7. The van der Waals surface area contributed by atoms with E-state index in [4.69, 9.17) is 4.74 Å². The van der Waals surface area contributed by atoms with Crippen LogP contribution in [0, 0.1) is 6.92 Å². The van der Waals surface area contributed by atoms with E-state index in [2.05, 4.69) is 15.3 Å². The minimum absolute atomic E-state index is 0.159. The second-order valence-electron chi connectivity index (χ2n) is 6.28. The van der Waals surface area contributed by atoms with Gasteiger partial charge in [0, 0.05) is 17.3 Å². The molecule has 1 amide bonds. The smallest absolute Gasteiger partial charge is 0.252 e. The summed E-state index contributed by atoms with van der Waals surface area (Å²) < 4.78 is 5.15. The number of rotatable bonds is 6. The van der Waals surface area contributed by atoms with Crippen LogP contribution in [0.1, 0.15) is 12.5 Å². The fraction of sp³-hybridized carbons (Fsp3) is 0.190. The molecule has 0 radical (unpaired) electrons. The first-order chi connectivity index (χ1) is 13.4. The lowest BCUT2D eigenvalue weighted by Crippen LogP contribution is -2.23. The van der Waals surface area contributed by atoms with E-state index < -0.39 is 5.25 Å². The number of carbonyl (C=O) groups excluding carboxylic acids is 1. The summed E-state index contributed by atoms with van der Waals surface area (Å²) in [6.07, 6.45) is 0. The number of methoxy groups -OCH3 is 1. The first-order valence-corrected chi connectivity index (χ1v) is 9.62. The molecule has 0 spiro atoms. The van der Waals surface area contributed by atoms with Crippen molar-refractivity contribution in [2.24, 2.45) is 0 Å². The molecule has 1 atom stereocenters. The molecule has 0 saturated heterocycles. The van der Waals surface area contributed by atoms with E-state index in [1.807, 2.05) is 55.5 Å². The summed E-state index contributed by atoms with van der Waals surface area (Å²) in [6, 6.07) is 16.3. The predicted molar refractivity (Wildman–Crippen MR) is 112 cm³/mol. The van der Waals surface area contributed by atoms with E-state index in [0.717, 1.165) is 22.6 Å². The summed E-state index contributed by atoms with van der Waals surface area (Å²) in [6.45, 7) is 3.74. The molecule has 1 aromatic heterocycles. The number of aromatic nitrogens is 2. The van der Waals surface area contributed by atoms with E-state index in [9.17, 15) is 9.59 Å². The minimum atomic E-state index is -0.435. The molecule has 3 rings (SSSR count). The zero-order valence-electron chi connectivity index (χ0n) is 15.9. The summed E-state index contributed by atoms with van der Waals surface area (Å²) in [5, 5.41) is 2.84. The maximum atomic E-state index is 12.5. The van der Waals surface area contributed by atoms with Gasteiger partial charge in [-0.3, -0.25) is 9.59 Å². The Kier molecular flexibility index (Phi) is 6.16. The van der Waals surface area contributed by atoms with Gasteiger partial charge in [-0.05, 0) is 55.8 Å². The molecule has 28 heavy (non-hydrogen) atoms. The van der Waals surface area contributed by atoms with Gasteiger partial charge in [-0.2, -0.15) is 0 Å². The molecule has 6 nitrogen and oxygen atoms in total. The molecule has 2 N–H and O–H groups in total. The van der Waals surface area contributed by atoms with Crippen LogP contribution in [0.25, 0.3) is 11.3 Å². The SMILES string of the molecule is COc1ccc(-c2cc(=O)[nH]c(SC(C)C(=O)Nc3cccc(C)c3)n2)cc1. The van der Waals surface area contributed by atoms with Gasteiger partial charge < -0.3 is 15.0 Å².